The van der Waals surface area contributed by atoms with E-state index < -0.39 is 0 Å². The zero-order valence-corrected chi connectivity index (χ0v) is 6.55. The Morgan fingerprint density at radius 3 is 2.56 bits per heavy atom. The van der Waals surface area contributed by atoms with Crippen LogP contribution in [-0.2, 0) is 4.79 Å². The van der Waals surface area contributed by atoms with Gasteiger partial charge in [-0.25, -0.2) is 0 Å². The van der Waals surface area contributed by atoms with E-state index in [1.165, 1.54) is 4.91 Å². The molecule has 0 bridgehead atoms. The summed E-state index contributed by atoms with van der Waals surface area (Å²) in [4.78, 5) is 12.1. The van der Waals surface area contributed by atoms with E-state index in [1.54, 1.807) is 11.8 Å². The molecule has 1 aliphatic rings. The zero-order chi connectivity index (χ0) is 6.85. The number of hydrogen-bond acceptors (Lipinski definition) is 2. The summed E-state index contributed by atoms with van der Waals surface area (Å²) in [5.74, 6) is 1.30. The van der Waals surface area contributed by atoms with Crippen molar-refractivity contribution < 1.29 is 4.79 Å². The molecule has 50 valence electrons. The summed E-state index contributed by atoms with van der Waals surface area (Å²) in [6.45, 7) is 3.92. The first-order chi connectivity index (χ1) is 4.22. The third kappa shape index (κ3) is 1.36. The van der Waals surface area contributed by atoms with E-state index in [0.717, 1.165) is 17.7 Å². The molecular weight excluding hydrogens is 132 g/mol. The molecule has 0 aromatic carbocycles. The first-order valence-corrected chi connectivity index (χ1v) is 4.04. The summed E-state index contributed by atoms with van der Waals surface area (Å²) in [6.07, 6.45) is 0.730. The SMILES string of the molecule is CC1=C(C)C(=O)CCS1. The van der Waals surface area contributed by atoms with Gasteiger partial charge in [0, 0.05) is 17.7 Å². The van der Waals surface area contributed by atoms with E-state index >= 15 is 0 Å². The van der Waals surface area contributed by atoms with Gasteiger partial charge in [0.25, 0.3) is 0 Å². The van der Waals surface area contributed by atoms with E-state index in [1.807, 2.05) is 13.8 Å². The molecule has 2 heteroatoms. The summed E-state index contributed by atoms with van der Waals surface area (Å²) in [6, 6.07) is 0. The molecule has 9 heavy (non-hydrogen) atoms. The molecule has 1 aliphatic heterocycles. The Bertz CT molecular complexity index is 170. The molecule has 0 aliphatic carbocycles. The lowest BCUT2D eigenvalue weighted by molar-refractivity contribution is -0.115. The number of carbonyl (C=O) groups excluding carboxylic acids is 1. The average molecular weight is 142 g/mol. The van der Waals surface area contributed by atoms with Gasteiger partial charge in [0.1, 0.15) is 0 Å². The third-order valence-electron chi connectivity index (χ3n) is 1.59. The monoisotopic (exact) mass is 142 g/mol. The molecule has 1 heterocycles. The van der Waals surface area contributed by atoms with Crippen LogP contribution >= 0.6 is 11.8 Å². The summed E-state index contributed by atoms with van der Waals surface area (Å²) < 4.78 is 0. The highest BCUT2D eigenvalue weighted by atomic mass is 32.2. The lowest BCUT2D eigenvalue weighted by Gasteiger charge is -2.11. The van der Waals surface area contributed by atoms with Crippen LogP contribution in [0.15, 0.2) is 10.5 Å². The average Bonchev–Trinajstić information content (AvgIpc) is 1.83. The second-order valence-electron chi connectivity index (χ2n) is 2.20. The minimum atomic E-state index is 0.325. The number of ketones is 1. The van der Waals surface area contributed by atoms with E-state index in [-0.39, 0.29) is 0 Å². The van der Waals surface area contributed by atoms with Crippen molar-refractivity contribution in [3.8, 4) is 0 Å². The summed E-state index contributed by atoms with van der Waals surface area (Å²) in [5, 5.41) is 0. The summed E-state index contributed by atoms with van der Waals surface area (Å²) >= 11 is 1.79. The fraction of sp³-hybridized carbons (Fsp3) is 0.571. The Morgan fingerprint density at radius 1 is 1.44 bits per heavy atom. The smallest absolute Gasteiger partial charge is 0.160 e. The third-order valence-corrected chi connectivity index (χ3v) is 2.74. The molecular formula is C7H10OS. The van der Waals surface area contributed by atoms with Crippen molar-refractivity contribution in [2.75, 3.05) is 5.75 Å². The number of carbonyl (C=O) groups is 1. The molecule has 0 fully saturated rings. The zero-order valence-electron chi connectivity index (χ0n) is 5.73. The fourth-order valence-electron chi connectivity index (χ4n) is 0.789. The van der Waals surface area contributed by atoms with Crippen LogP contribution < -0.4 is 0 Å². The molecule has 0 aromatic rings. The molecule has 0 unspecified atom stereocenters. The van der Waals surface area contributed by atoms with Crippen molar-refractivity contribution in [3.63, 3.8) is 0 Å². The van der Waals surface area contributed by atoms with E-state index in [2.05, 4.69) is 0 Å². The molecule has 0 spiro atoms. The lowest BCUT2D eigenvalue weighted by atomic mass is 10.1. The number of thioether (sulfide) groups is 1. The van der Waals surface area contributed by atoms with Gasteiger partial charge in [0.2, 0.25) is 0 Å². The summed E-state index contributed by atoms with van der Waals surface area (Å²) in [7, 11) is 0. The molecule has 0 saturated carbocycles. The van der Waals surface area contributed by atoms with Crippen LogP contribution in [0.25, 0.3) is 0 Å². The van der Waals surface area contributed by atoms with Gasteiger partial charge in [-0.3, -0.25) is 4.79 Å². The summed E-state index contributed by atoms with van der Waals surface area (Å²) in [5.41, 5.74) is 0.964. The minimum absolute atomic E-state index is 0.325. The number of hydrogen-bond donors (Lipinski definition) is 0. The molecule has 0 radical (unpaired) electrons. The highest BCUT2D eigenvalue weighted by Gasteiger charge is 2.12. The van der Waals surface area contributed by atoms with Gasteiger partial charge in [-0.15, -0.1) is 11.8 Å². The maximum atomic E-state index is 10.9. The largest absolute Gasteiger partial charge is 0.295 e. The van der Waals surface area contributed by atoms with Gasteiger partial charge in [0.05, 0.1) is 0 Å². The number of rotatable bonds is 0. The van der Waals surface area contributed by atoms with Crippen LogP contribution in [0.2, 0.25) is 0 Å². The second kappa shape index (κ2) is 2.56. The second-order valence-corrected chi connectivity index (χ2v) is 3.51. The molecule has 0 atom stereocenters. The molecule has 0 saturated heterocycles. The van der Waals surface area contributed by atoms with Crippen LogP contribution in [0.1, 0.15) is 20.3 Å². The Morgan fingerprint density at radius 2 is 2.11 bits per heavy atom. The highest BCUT2D eigenvalue weighted by molar-refractivity contribution is 8.03. The van der Waals surface area contributed by atoms with Crippen LogP contribution in [0, 0.1) is 0 Å². The van der Waals surface area contributed by atoms with Gasteiger partial charge in [-0.2, -0.15) is 0 Å². The van der Waals surface area contributed by atoms with Crippen LogP contribution in [0.5, 0.6) is 0 Å². The van der Waals surface area contributed by atoms with Gasteiger partial charge < -0.3 is 0 Å². The van der Waals surface area contributed by atoms with Crippen LogP contribution in [0.4, 0.5) is 0 Å². The predicted molar refractivity (Wildman–Crippen MR) is 40.5 cm³/mol. The van der Waals surface area contributed by atoms with Gasteiger partial charge in [-0.1, -0.05) is 0 Å². The maximum absolute atomic E-state index is 10.9. The van der Waals surface area contributed by atoms with Crippen LogP contribution in [-0.4, -0.2) is 11.5 Å². The van der Waals surface area contributed by atoms with E-state index in [0.29, 0.717) is 5.78 Å². The Labute approximate surface area is 59.5 Å². The van der Waals surface area contributed by atoms with Crippen LogP contribution in [0.3, 0.4) is 0 Å². The fourth-order valence-corrected chi connectivity index (χ4v) is 1.71. The molecule has 1 nitrogen and oxygen atoms in total. The molecule has 0 amide bonds. The van der Waals surface area contributed by atoms with Crippen molar-refractivity contribution in [2.45, 2.75) is 20.3 Å². The Kier molecular flexibility index (Phi) is 1.96. The standard InChI is InChI=1S/C7H10OS/c1-5-6(2)9-4-3-7(5)8/h3-4H2,1-2H3. The predicted octanol–water partition coefficient (Wildman–Crippen LogP) is 1.99. The number of allylic oxidation sites excluding steroid dienone is 2. The normalized spacial score (nSPS) is 20.9. The topological polar surface area (TPSA) is 17.1 Å². The highest BCUT2D eigenvalue weighted by Crippen LogP contribution is 2.26. The van der Waals surface area contributed by atoms with Gasteiger partial charge in [0.15, 0.2) is 5.78 Å². The van der Waals surface area contributed by atoms with Crippen molar-refractivity contribution in [2.24, 2.45) is 0 Å². The Balaban J connectivity index is 2.84. The first-order valence-electron chi connectivity index (χ1n) is 3.05. The number of Topliss-reactive ketones (excluding diaryl/α,β-unsaturated/α-hetero) is 1. The van der Waals surface area contributed by atoms with Gasteiger partial charge >= 0.3 is 0 Å². The van der Waals surface area contributed by atoms with Crippen molar-refractivity contribution in [1.29, 1.82) is 0 Å². The molecule has 0 N–H and O–H groups in total. The van der Waals surface area contributed by atoms with Crippen molar-refractivity contribution in [1.82, 2.24) is 0 Å². The minimum Gasteiger partial charge on any atom is -0.295 e. The molecule has 0 aromatic heterocycles. The maximum Gasteiger partial charge on any atom is 0.160 e. The van der Waals surface area contributed by atoms with E-state index in [9.17, 15) is 4.79 Å². The van der Waals surface area contributed by atoms with E-state index in [4.69, 9.17) is 0 Å². The van der Waals surface area contributed by atoms with Gasteiger partial charge in [-0.05, 0) is 18.8 Å². The van der Waals surface area contributed by atoms with Crippen molar-refractivity contribution in [3.05, 3.63) is 10.5 Å². The quantitative estimate of drug-likeness (QED) is 0.514. The first kappa shape index (κ1) is 6.87. The van der Waals surface area contributed by atoms with Crippen molar-refractivity contribution >= 4 is 17.5 Å². The Hall–Kier alpha value is -0.240. The molecule has 1 rings (SSSR count). The lowest BCUT2D eigenvalue weighted by Crippen LogP contribution is -2.07.